The van der Waals surface area contributed by atoms with Gasteiger partial charge in [0.1, 0.15) is 0 Å². The molecule has 0 bridgehead atoms. The first kappa shape index (κ1) is 12.7. The Morgan fingerprint density at radius 3 is 2.80 bits per heavy atom. The van der Waals surface area contributed by atoms with Crippen LogP contribution in [-0.2, 0) is 17.3 Å². The average Bonchev–Trinajstić information content (AvgIpc) is 2.63. The van der Waals surface area contributed by atoms with E-state index in [1.165, 1.54) is 11.5 Å². The highest BCUT2D eigenvalue weighted by molar-refractivity contribution is 7.86. The van der Waals surface area contributed by atoms with Crippen LogP contribution in [0.1, 0.15) is 26.5 Å². The standard InChI is InChI=1S/C9H17N3OS2/c1-9(2,3)15(13)5-4-10-6-8-7-14-12-11-8/h7,10H,4-6H2,1-3H3. The summed E-state index contributed by atoms with van der Waals surface area (Å²) in [6.07, 6.45) is 0. The van der Waals surface area contributed by atoms with Gasteiger partial charge in [0.05, 0.1) is 5.69 Å². The minimum Gasteiger partial charge on any atom is -0.310 e. The third-order valence-corrected chi connectivity index (χ3v) is 4.35. The van der Waals surface area contributed by atoms with E-state index in [1.54, 1.807) is 0 Å². The minimum absolute atomic E-state index is 0.121. The molecule has 0 aliphatic rings. The average molecular weight is 247 g/mol. The molecule has 0 aliphatic heterocycles. The minimum atomic E-state index is -0.782. The fourth-order valence-electron chi connectivity index (χ4n) is 0.949. The zero-order valence-corrected chi connectivity index (χ0v) is 11.0. The number of nitrogens with one attached hydrogen (secondary N) is 1. The second kappa shape index (κ2) is 5.67. The van der Waals surface area contributed by atoms with Gasteiger partial charge in [-0.15, -0.1) is 5.10 Å². The van der Waals surface area contributed by atoms with Crippen LogP contribution in [0.15, 0.2) is 5.38 Å². The van der Waals surface area contributed by atoms with E-state index in [1.807, 2.05) is 26.2 Å². The van der Waals surface area contributed by atoms with Crippen molar-refractivity contribution < 1.29 is 4.21 Å². The fourth-order valence-corrected chi connectivity index (χ4v) is 2.34. The van der Waals surface area contributed by atoms with E-state index in [2.05, 4.69) is 14.9 Å². The maximum Gasteiger partial charge on any atom is 0.0893 e. The molecule has 0 aromatic carbocycles. The first-order chi connectivity index (χ1) is 7.00. The van der Waals surface area contributed by atoms with E-state index in [4.69, 9.17) is 0 Å². The van der Waals surface area contributed by atoms with Gasteiger partial charge in [0.15, 0.2) is 0 Å². The molecule has 0 saturated heterocycles. The van der Waals surface area contributed by atoms with Crippen molar-refractivity contribution in [3.63, 3.8) is 0 Å². The van der Waals surface area contributed by atoms with E-state index in [0.717, 1.165) is 12.2 Å². The highest BCUT2D eigenvalue weighted by Gasteiger charge is 2.18. The molecule has 0 spiro atoms. The first-order valence-corrected chi connectivity index (χ1v) is 7.01. The van der Waals surface area contributed by atoms with Crippen molar-refractivity contribution in [1.82, 2.24) is 14.9 Å². The molecule has 0 amide bonds. The second-order valence-corrected chi connectivity index (χ2v) is 7.17. The lowest BCUT2D eigenvalue weighted by Gasteiger charge is -2.17. The Labute approximate surface area is 97.1 Å². The van der Waals surface area contributed by atoms with Gasteiger partial charge in [-0.25, -0.2) is 0 Å². The van der Waals surface area contributed by atoms with Crippen molar-refractivity contribution in [2.75, 3.05) is 12.3 Å². The Kier molecular flexibility index (Phi) is 4.82. The molecule has 1 unspecified atom stereocenters. The molecule has 1 aromatic heterocycles. The smallest absolute Gasteiger partial charge is 0.0893 e. The number of nitrogens with zero attached hydrogens (tertiary/aromatic N) is 2. The molecular weight excluding hydrogens is 230 g/mol. The Morgan fingerprint density at radius 1 is 1.53 bits per heavy atom. The largest absolute Gasteiger partial charge is 0.310 e. The van der Waals surface area contributed by atoms with Gasteiger partial charge >= 0.3 is 0 Å². The van der Waals surface area contributed by atoms with Crippen LogP contribution in [0.5, 0.6) is 0 Å². The summed E-state index contributed by atoms with van der Waals surface area (Å²) in [5.41, 5.74) is 0.946. The third kappa shape index (κ3) is 4.81. The lowest BCUT2D eigenvalue weighted by atomic mass is 10.3. The lowest BCUT2D eigenvalue weighted by molar-refractivity contribution is 0.639. The van der Waals surface area contributed by atoms with Gasteiger partial charge in [-0.3, -0.25) is 4.21 Å². The Balaban J connectivity index is 2.15. The third-order valence-electron chi connectivity index (χ3n) is 1.86. The number of hydrogen-bond donors (Lipinski definition) is 1. The van der Waals surface area contributed by atoms with Crippen molar-refractivity contribution in [3.8, 4) is 0 Å². The molecule has 0 radical (unpaired) electrons. The van der Waals surface area contributed by atoms with Crippen molar-refractivity contribution >= 4 is 22.3 Å². The number of hydrogen-bond acceptors (Lipinski definition) is 5. The summed E-state index contributed by atoms with van der Waals surface area (Å²) in [5, 5.41) is 9.02. The van der Waals surface area contributed by atoms with Crippen LogP contribution < -0.4 is 5.32 Å². The van der Waals surface area contributed by atoms with Gasteiger partial charge in [-0.2, -0.15) is 0 Å². The van der Waals surface area contributed by atoms with Gasteiger partial charge in [0, 0.05) is 39.8 Å². The summed E-state index contributed by atoms with van der Waals surface area (Å²) >= 11 is 1.35. The highest BCUT2D eigenvalue weighted by atomic mass is 32.2. The van der Waals surface area contributed by atoms with Crippen molar-refractivity contribution in [3.05, 3.63) is 11.1 Å². The van der Waals surface area contributed by atoms with Gasteiger partial charge in [0.25, 0.3) is 0 Å². The second-order valence-electron chi connectivity index (χ2n) is 4.24. The van der Waals surface area contributed by atoms with Crippen LogP contribution in [0.25, 0.3) is 0 Å². The van der Waals surface area contributed by atoms with Crippen LogP contribution >= 0.6 is 11.5 Å². The van der Waals surface area contributed by atoms with Gasteiger partial charge in [-0.05, 0) is 32.3 Å². The van der Waals surface area contributed by atoms with Crippen molar-refractivity contribution in [2.24, 2.45) is 0 Å². The maximum atomic E-state index is 11.7. The topological polar surface area (TPSA) is 54.9 Å². The summed E-state index contributed by atoms with van der Waals surface area (Å²) in [6, 6.07) is 0. The molecule has 86 valence electrons. The maximum absolute atomic E-state index is 11.7. The van der Waals surface area contributed by atoms with Gasteiger partial charge in [-0.1, -0.05) is 4.49 Å². The van der Waals surface area contributed by atoms with Crippen molar-refractivity contribution in [2.45, 2.75) is 32.1 Å². The molecule has 0 fully saturated rings. The summed E-state index contributed by atoms with van der Waals surface area (Å²) in [5.74, 6) is 0.682. The molecule has 4 nitrogen and oxygen atoms in total. The van der Waals surface area contributed by atoms with Gasteiger partial charge in [0.2, 0.25) is 0 Å². The fraction of sp³-hybridized carbons (Fsp3) is 0.778. The van der Waals surface area contributed by atoms with Crippen LogP contribution in [0, 0.1) is 0 Å². The summed E-state index contributed by atoms with van der Waals surface area (Å²) in [7, 11) is -0.782. The molecule has 6 heteroatoms. The first-order valence-electron chi connectivity index (χ1n) is 4.85. The van der Waals surface area contributed by atoms with E-state index in [0.29, 0.717) is 12.3 Å². The predicted molar refractivity (Wildman–Crippen MR) is 64.4 cm³/mol. The quantitative estimate of drug-likeness (QED) is 0.794. The molecular formula is C9H17N3OS2. The van der Waals surface area contributed by atoms with E-state index in [-0.39, 0.29) is 4.75 Å². The molecule has 1 N–H and O–H groups in total. The summed E-state index contributed by atoms with van der Waals surface area (Å²) in [6.45, 7) is 7.44. The Hall–Kier alpha value is -0.330. The molecule has 1 heterocycles. The summed E-state index contributed by atoms with van der Waals surface area (Å²) in [4.78, 5) is 0. The normalized spacial score (nSPS) is 14.1. The van der Waals surface area contributed by atoms with Crippen LogP contribution in [-0.4, -0.2) is 30.8 Å². The highest BCUT2D eigenvalue weighted by Crippen LogP contribution is 2.10. The van der Waals surface area contributed by atoms with Crippen LogP contribution in [0.2, 0.25) is 0 Å². The predicted octanol–water partition coefficient (Wildman–Crippen LogP) is 1.17. The lowest BCUT2D eigenvalue weighted by Crippen LogP contribution is -2.29. The molecule has 15 heavy (non-hydrogen) atoms. The zero-order valence-electron chi connectivity index (χ0n) is 9.32. The van der Waals surface area contributed by atoms with Crippen LogP contribution in [0.4, 0.5) is 0 Å². The van der Waals surface area contributed by atoms with E-state index in [9.17, 15) is 4.21 Å². The number of aromatic nitrogens is 2. The monoisotopic (exact) mass is 247 g/mol. The number of rotatable bonds is 5. The Morgan fingerprint density at radius 2 is 2.27 bits per heavy atom. The van der Waals surface area contributed by atoms with Crippen molar-refractivity contribution in [1.29, 1.82) is 0 Å². The molecule has 0 saturated carbocycles. The molecule has 1 atom stereocenters. The zero-order chi connectivity index (χ0) is 11.3. The van der Waals surface area contributed by atoms with E-state index >= 15 is 0 Å². The molecule has 1 aromatic rings. The van der Waals surface area contributed by atoms with Crippen LogP contribution in [0.3, 0.4) is 0 Å². The Bertz CT molecular complexity index is 306. The van der Waals surface area contributed by atoms with E-state index < -0.39 is 10.8 Å². The summed E-state index contributed by atoms with van der Waals surface area (Å²) < 4.78 is 15.3. The SMILES string of the molecule is CC(C)(C)S(=O)CCNCc1csnn1. The molecule has 1 rings (SSSR count). The molecule has 0 aliphatic carbocycles. The van der Waals surface area contributed by atoms with Gasteiger partial charge < -0.3 is 5.32 Å².